The zero-order chi connectivity index (χ0) is 17.2. The molecule has 2 atom stereocenters. The van der Waals surface area contributed by atoms with Crippen molar-refractivity contribution in [2.45, 2.75) is 19.1 Å². The number of nitrogens with one attached hydrogen (secondary N) is 1. The lowest BCUT2D eigenvalue weighted by atomic mass is 10.2. The van der Waals surface area contributed by atoms with Gasteiger partial charge in [-0.25, -0.2) is 9.97 Å². The first-order valence-electron chi connectivity index (χ1n) is 8.32. The minimum Gasteiger partial charge on any atom is -0.376 e. The van der Waals surface area contributed by atoms with E-state index >= 15 is 0 Å². The van der Waals surface area contributed by atoms with E-state index in [2.05, 4.69) is 20.4 Å². The Kier molecular flexibility index (Phi) is 4.29. The first-order valence-corrected chi connectivity index (χ1v) is 8.32. The van der Waals surface area contributed by atoms with Crippen LogP contribution < -0.4 is 5.32 Å². The SMILES string of the molecule is CCO[C@@H]1COC[C@H]1Nc1nc(-c2ccncc2)nc2c1cnn2C. The van der Waals surface area contributed by atoms with Crippen LogP contribution in [0.5, 0.6) is 0 Å². The number of pyridine rings is 1. The first-order chi connectivity index (χ1) is 12.3. The summed E-state index contributed by atoms with van der Waals surface area (Å²) in [4.78, 5) is 13.4. The fraction of sp³-hybridized carbons (Fsp3) is 0.412. The minimum atomic E-state index is 0.0102. The highest BCUT2D eigenvalue weighted by Crippen LogP contribution is 2.26. The molecule has 0 spiro atoms. The third kappa shape index (κ3) is 3.06. The number of anilines is 1. The molecule has 1 N–H and O–H groups in total. The van der Waals surface area contributed by atoms with Gasteiger partial charge in [0, 0.05) is 31.6 Å². The van der Waals surface area contributed by atoms with Crippen LogP contribution in [0.25, 0.3) is 22.4 Å². The predicted octanol–water partition coefficient (Wildman–Crippen LogP) is 1.64. The average Bonchev–Trinajstić information content (AvgIpc) is 3.23. The Hall–Kier alpha value is -2.58. The molecule has 1 fully saturated rings. The molecule has 0 amide bonds. The second kappa shape index (κ2) is 6.73. The van der Waals surface area contributed by atoms with Gasteiger partial charge in [-0.2, -0.15) is 5.10 Å². The summed E-state index contributed by atoms with van der Waals surface area (Å²) in [5.74, 6) is 1.37. The maximum absolute atomic E-state index is 5.76. The zero-order valence-corrected chi connectivity index (χ0v) is 14.2. The summed E-state index contributed by atoms with van der Waals surface area (Å²) < 4.78 is 13.1. The van der Waals surface area contributed by atoms with Crippen molar-refractivity contribution in [3.63, 3.8) is 0 Å². The molecule has 4 heterocycles. The summed E-state index contributed by atoms with van der Waals surface area (Å²) in [5.41, 5.74) is 1.68. The molecule has 25 heavy (non-hydrogen) atoms. The monoisotopic (exact) mass is 340 g/mol. The molecule has 0 radical (unpaired) electrons. The number of aromatic nitrogens is 5. The van der Waals surface area contributed by atoms with Gasteiger partial charge in [-0.15, -0.1) is 0 Å². The van der Waals surface area contributed by atoms with Crippen LogP contribution >= 0.6 is 0 Å². The van der Waals surface area contributed by atoms with Gasteiger partial charge in [0.2, 0.25) is 0 Å². The van der Waals surface area contributed by atoms with E-state index in [1.54, 1.807) is 23.3 Å². The Labute approximate surface area is 145 Å². The van der Waals surface area contributed by atoms with Crippen molar-refractivity contribution in [3.8, 4) is 11.4 Å². The number of ether oxygens (including phenoxy) is 2. The molecule has 3 aromatic rings. The lowest BCUT2D eigenvalue weighted by Crippen LogP contribution is -2.34. The van der Waals surface area contributed by atoms with Crippen molar-refractivity contribution in [1.29, 1.82) is 0 Å². The normalized spacial score (nSPS) is 20.2. The second-order valence-corrected chi connectivity index (χ2v) is 5.92. The van der Waals surface area contributed by atoms with Crippen molar-refractivity contribution in [3.05, 3.63) is 30.7 Å². The Morgan fingerprint density at radius 1 is 1.28 bits per heavy atom. The smallest absolute Gasteiger partial charge is 0.164 e. The van der Waals surface area contributed by atoms with Gasteiger partial charge in [0.25, 0.3) is 0 Å². The van der Waals surface area contributed by atoms with E-state index in [0.717, 1.165) is 22.4 Å². The molecular formula is C17H20N6O2. The van der Waals surface area contributed by atoms with E-state index in [1.165, 1.54) is 0 Å². The summed E-state index contributed by atoms with van der Waals surface area (Å²) in [6.07, 6.45) is 5.25. The van der Waals surface area contributed by atoms with Crippen LogP contribution in [0, 0.1) is 0 Å². The highest BCUT2D eigenvalue weighted by Gasteiger charge is 2.30. The van der Waals surface area contributed by atoms with Gasteiger partial charge in [-0.1, -0.05) is 0 Å². The number of rotatable bonds is 5. The molecule has 1 aliphatic heterocycles. The number of hydrogen-bond acceptors (Lipinski definition) is 7. The van der Waals surface area contributed by atoms with E-state index in [1.807, 2.05) is 26.1 Å². The van der Waals surface area contributed by atoms with Crippen LogP contribution in [0.4, 0.5) is 5.82 Å². The Bertz CT molecular complexity index is 866. The maximum atomic E-state index is 5.76. The van der Waals surface area contributed by atoms with Crippen LogP contribution in [0.15, 0.2) is 30.7 Å². The van der Waals surface area contributed by atoms with E-state index in [-0.39, 0.29) is 12.1 Å². The molecular weight excluding hydrogens is 320 g/mol. The first kappa shape index (κ1) is 15.9. The van der Waals surface area contributed by atoms with Crippen LogP contribution in [-0.2, 0) is 16.5 Å². The molecule has 0 saturated carbocycles. The molecule has 1 aliphatic rings. The molecule has 0 aliphatic carbocycles. The molecule has 8 heteroatoms. The molecule has 0 bridgehead atoms. The van der Waals surface area contributed by atoms with Crippen LogP contribution in [0.1, 0.15) is 6.92 Å². The van der Waals surface area contributed by atoms with Crippen molar-refractivity contribution >= 4 is 16.9 Å². The molecule has 8 nitrogen and oxygen atoms in total. The van der Waals surface area contributed by atoms with Crippen LogP contribution in [0.3, 0.4) is 0 Å². The van der Waals surface area contributed by atoms with Crippen LogP contribution in [0.2, 0.25) is 0 Å². The Balaban J connectivity index is 1.74. The molecule has 130 valence electrons. The Morgan fingerprint density at radius 3 is 2.92 bits per heavy atom. The number of fused-ring (bicyclic) bond motifs is 1. The standard InChI is InChI=1S/C17H20N6O2/c1-3-25-14-10-24-9-13(14)20-16-12-8-19-23(2)17(12)22-15(21-16)11-4-6-18-7-5-11/h4-8,13-14H,3,9-10H2,1-2H3,(H,20,21,22)/t13-,14-/m1/s1. The largest absolute Gasteiger partial charge is 0.376 e. The number of aryl methyl sites for hydroxylation is 1. The summed E-state index contributed by atoms with van der Waals surface area (Å²) in [5, 5.41) is 8.67. The quantitative estimate of drug-likeness (QED) is 0.755. The van der Waals surface area contributed by atoms with Crippen LogP contribution in [-0.4, -0.2) is 56.7 Å². The van der Waals surface area contributed by atoms with E-state index in [0.29, 0.717) is 25.6 Å². The number of nitrogens with zero attached hydrogens (tertiary/aromatic N) is 5. The van der Waals surface area contributed by atoms with Crippen molar-refractivity contribution in [1.82, 2.24) is 24.7 Å². The molecule has 4 rings (SSSR count). The molecule has 3 aromatic heterocycles. The topological polar surface area (TPSA) is 87.0 Å². The predicted molar refractivity (Wildman–Crippen MR) is 93.2 cm³/mol. The summed E-state index contributed by atoms with van der Waals surface area (Å²) in [6, 6.07) is 3.83. The minimum absolute atomic E-state index is 0.0102. The van der Waals surface area contributed by atoms with Gasteiger partial charge in [0.05, 0.1) is 30.8 Å². The second-order valence-electron chi connectivity index (χ2n) is 5.92. The van der Waals surface area contributed by atoms with Crippen molar-refractivity contribution in [2.75, 3.05) is 25.1 Å². The summed E-state index contributed by atoms with van der Waals surface area (Å²) >= 11 is 0. The zero-order valence-electron chi connectivity index (χ0n) is 14.2. The van der Waals surface area contributed by atoms with Crippen molar-refractivity contribution in [2.24, 2.45) is 7.05 Å². The third-order valence-electron chi connectivity index (χ3n) is 4.26. The Morgan fingerprint density at radius 2 is 2.12 bits per heavy atom. The fourth-order valence-electron chi connectivity index (χ4n) is 2.99. The van der Waals surface area contributed by atoms with Crippen molar-refractivity contribution < 1.29 is 9.47 Å². The lowest BCUT2D eigenvalue weighted by Gasteiger charge is -2.20. The average molecular weight is 340 g/mol. The summed E-state index contributed by atoms with van der Waals surface area (Å²) in [6.45, 7) is 3.81. The lowest BCUT2D eigenvalue weighted by molar-refractivity contribution is 0.0478. The molecule has 0 aromatic carbocycles. The molecule has 1 saturated heterocycles. The highest BCUT2D eigenvalue weighted by atomic mass is 16.5. The van der Waals surface area contributed by atoms with Gasteiger partial charge in [0.1, 0.15) is 11.9 Å². The summed E-state index contributed by atoms with van der Waals surface area (Å²) in [7, 11) is 1.87. The third-order valence-corrected chi connectivity index (χ3v) is 4.26. The van der Waals surface area contributed by atoms with E-state index < -0.39 is 0 Å². The van der Waals surface area contributed by atoms with Gasteiger partial charge in [0.15, 0.2) is 11.5 Å². The maximum Gasteiger partial charge on any atom is 0.164 e. The van der Waals surface area contributed by atoms with Gasteiger partial charge in [-0.3, -0.25) is 9.67 Å². The van der Waals surface area contributed by atoms with E-state index in [9.17, 15) is 0 Å². The fourth-order valence-corrected chi connectivity index (χ4v) is 2.99. The van der Waals surface area contributed by atoms with Gasteiger partial charge in [-0.05, 0) is 19.1 Å². The highest BCUT2D eigenvalue weighted by molar-refractivity contribution is 5.88. The van der Waals surface area contributed by atoms with E-state index in [4.69, 9.17) is 14.5 Å². The van der Waals surface area contributed by atoms with Gasteiger partial charge < -0.3 is 14.8 Å². The number of hydrogen-bond donors (Lipinski definition) is 1. The van der Waals surface area contributed by atoms with Gasteiger partial charge >= 0.3 is 0 Å². The molecule has 0 unspecified atom stereocenters.